The number of nitrogens with two attached hydrogens (primary N) is 1. The van der Waals surface area contributed by atoms with Crippen LogP contribution in [-0.4, -0.2) is 31.1 Å². The van der Waals surface area contributed by atoms with E-state index in [0.29, 0.717) is 5.92 Å². The van der Waals surface area contributed by atoms with Gasteiger partial charge < -0.3 is 11.1 Å². The molecular formula is C15H25N3. The third-order valence-electron chi connectivity index (χ3n) is 3.83. The van der Waals surface area contributed by atoms with Crippen LogP contribution in [0.15, 0.2) is 18.2 Å². The normalized spacial score (nSPS) is 19.2. The number of nitrogens with one attached hydrogen (secondary N) is 1. The molecule has 0 aromatic heterocycles. The number of piperazine rings is 1. The number of hydrogen-bond donors (Lipinski definition) is 2. The summed E-state index contributed by atoms with van der Waals surface area (Å²) in [6.45, 7) is 10.8. The summed E-state index contributed by atoms with van der Waals surface area (Å²) in [4.78, 5) is 2.36. The van der Waals surface area contributed by atoms with Crippen LogP contribution in [0, 0.1) is 6.92 Å². The summed E-state index contributed by atoms with van der Waals surface area (Å²) < 4.78 is 0. The SMILES string of the molecule is Cc1ccc(C(C)C)cc1C(N)N1CCNCC1. The van der Waals surface area contributed by atoms with Crippen LogP contribution in [0.5, 0.6) is 0 Å². The van der Waals surface area contributed by atoms with Crippen LogP contribution < -0.4 is 11.1 Å². The van der Waals surface area contributed by atoms with E-state index in [2.05, 4.69) is 49.2 Å². The lowest BCUT2D eigenvalue weighted by Gasteiger charge is -2.33. The average Bonchev–Trinajstić information content (AvgIpc) is 2.39. The quantitative estimate of drug-likeness (QED) is 0.858. The third kappa shape index (κ3) is 2.91. The van der Waals surface area contributed by atoms with Gasteiger partial charge in [-0.05, 0) is 29.5 Å². The topological polar surface area (TPSA) is 41.3 Å². The van der Waals surface area contributed by atoms with E-state index in [-0.39, 0.29) is 6.17 Å². The molecule has 0 radical (unpaired) electrons. The summed E-state index contributed by atoms with van der Waals surface area (Å²) in [5.74, 6) is 0.555. The van der Waals surface area contributed by atoms with Gasteiger partial charge in [0.05, 0.1) is 6.17 Å². The minimum Gasteiger partial charge on any atom is -0.314 e. The van der Waals surface area contributed by atoms with Gasteiger partial charge in [0.25, 0.3) is 0 Å². The van der Waals surface area contributed by atoms with Crippen molar-refractivity contribution in [3.63, 3.8) is 0 Å². The van der Waals surface area contributed by atoms with Gasteiger partial charge in [0.1, 0.15) is 0 Å². The Hall–Kier alpha value is -0.900. The molecule has 1 aromatic carbocycles. The Bertz CT molecular complexity index is 395. The summed E-state index contributed by atoms with van der Waals surface area (Å²) in [5, 5.41) is 3.37. The fraction of sp³-hybridized carbons (Fsp3) is 0.600. The number of benzene rings is 1. The first kappa shape index (κ1) is 13.5. The molecule has 0 amide bonds. The highest BCUT2D eigenvalue weighted by Gasteiger charge is 2.20. The van der Waals surface area contributed by atoms with Crippen LogP contribution in [0.4, 0.5) is 0 Å². The van der Waals surface area contributed by atoms with E-state index in [0.717, 1.165) is 26.2 Å². The zero-order chi connectivity index (χ0) is 13.1. The smallest absolute Gasteiger partial charge is 0.0839 e. The molecule has 2 rings (SSSR count). The second-order valence-corrected chi connectivity index (χ2v) is 5.50. The van der Waals surface area contributed by atoms with E-state index in [4.69, 9.17) is 5.73 Å². The van der Waals surface area contributed by atoms with Crippen molar-refractivity contribution in [3.05, 3.63) is 34.9 Å². The number of nitrogens with zero attached hydrogens (tertiary/aromatic N) is 1. The lowest BCUT2D eigenvalue weighted by molar-refractivity contribution is 0.177. The molecule has 1 aliphatic heterocycles. The highest BCUT2D eigenvalue weighted by molar-refractivity contribution is 5.34. The van der Waals surface area contributed by atoms with Crippen LogP contribution in [0.25, 0.3) is 0 Å². The molecule has 3 heteroatoms. The molecule has 3 nitrogen and oxygen atoms in total. The van der Waals surface area contributed by atoms with Crippen molar-refractivity contribution in [1.82, 2.24) is 10.2 Å². The van der Waals surface area contributed by atoms with Crippen molar-refractivity contribution in [1.29, 1.82) is 0 Å². The second-order valence-electron chi connectivity index (χ2n) is 5.50. The maximum Gasteiger partial charge on any atom is 0.0839 e. The minimum absolute atomic E-state index is 0.0331. The predicted octanol–water partition coefficient (Wildman–Crippen LogP) is 1.98. The van der Waals surface area contributed by atoms with Gasteiger partial charge in [0, 0.05) is 26.2 Å². The predicted molar refractivity (Wildman–Crippen MR) is 76.6 cm³/mol. The molecule has 3 N–H and O–H groups in total. The van der Waals surface area contributed by atoms with Gasteiger partial charge in [-0.2, -0.15) is 0 Å². The lowest BCUT2D eigenvalue weighted by Crippen LogP contribution is -2.47. The van der Waals surface area contributed by atoms with Gasteiger partial charge in [0.15, 0.2) is 0 Å². The summed E-state index contributed by atoms with van der Waals surface area (Å²) in [5.41, 5.74) is 10.4. The fourth-order valence-electron chi connectivity index (χ4n) is 2.49. The summed E-state index contributed by atoms with van der Waals surface area (Å²) >= 11 is 0. The monoisotopic (exact) mass is 247 g/mol. The van der Waals surface area contributed by atoms with Gasteiger partial charge in [-0.3, -0.25) is 4.90 Å². The van der Waals surface area contributed by atoms with E-state index in [1.54, 1.807) is 0 Å². The first-order valence-electron chi connectivity index (χ1n) is 6.90. The van der Waals surface area contributed by atoms with Crippen LogP contribution in [0.3, 0.4) is 0 Å². The Balaban J connectivity index is 2.22. The Morgan fingerprint density at radius 3 is 2.50 bits per heavy atom. The van der Waals surface area contributed by atoms with Crippen molar-refractivity contribution in [2.75, 3.05) is 26.2 Å². The van der Waals surface area contributed by atoms with E-state index < -0.39 is 0 Å². The molecule has 1 fully saturated rings. The summed E-state index contributed by atoms with van der Waals surface area (Å²) in [6.07, 6.45) is 0.0331. The molecule has 1 unspecified atom stereocenters. The van der Waals surface area contributed by atoms with Crippen molar-refractivity contribution in [3.8, 4) is 0 Å². The molecule has 100 valence electrons. The molecule has 1 saturated heterocycles. The minimum atomic E-state index is 0.0331. The summed E-state index contributed by atoms with van der Waals surface area (Å²) in [7, 11) is 0. The van der Waals surface area contributed by atoms with E-state index in [9.17, 15) is 0 Å². The molecule has 0 saturated carbocycles. The lowest BCUT2D eigenvalue weighted by atomic mass is 9.96. The maximum atomic E-state index is 6.44. The number of aryl methyl sites for hydroxylation is 1. The molecule has 1 aliphatic rings. The molecule has 1 aromatic rings. The van der Waals surface area contributed by atoms with Gasteiger partial charge in [-0.25, -0.2) is 0 Å². The summed E-state index contributed by atoms with van der Waals surface area (Å²) in [6, 6.07) is 6.70. The first-order valence-corrected chi connectivity index (χ1v) is 6.90. The van der Waals surface area contributed by atoms with Gasteiger partial charge >= 0.3 is 0 Å². The Labute approximate surface area is 110 Å². The zero-order valence-electron chi connectivity index (χ0n) is 11.7. The maximum absolute atomic E-state index is 6.44. The standard InChI is InChI=1S/C15H25N3/c1-11(2)13-5-4-12(3)14(10-13)15(16)18-8-6-17-7-9-18/h4-5,10-11,15,17H,6-9,16H2,1-3H3. The molecule has 1 atom stereocenters. The van der Waals surface area contributed by atoms with E-state index in [1.807, 2.05) is 0 Å². The van der Waals surface area contributed by atoms with Crippen LogP contribution in [0.1, 0.15) is 42.6 Å². The van der Waals surface area contributed by atoms with Crippen molar-refractivity contribution in [2.45, 2.75) is 32.9 Å². The molecule has 1 heterocycles. The largest absolute Gasteiger partial charge is 0.314 e. The third-order valence-corrected chi connectivity index (χ3v) is 3.83. The Morgan fingerprint density at radius 1 is 1.22 bits per heavy atom. The number of rotatable bonds is 3. The molecule has 0 spiro atoms. The van der Waals surface area contributed by atoms with Crippen molar-refractivity contribution in [2.24, 2.45) is 5.73 Å². The van der Waals surface area contributed by atoms with Crippen molar-refractivity contribution >= 4 is 0 Å². The van der Waals surface area contributed by atoms with Gasteiger partial charge in [-0.1, -0.05) is 32.0 Å². The zero-order valence-corrected chi connectivity index (χ0v) is 11.7. The average molecular weight is 247 g/mol. The highest BCUT2D eigenvalue weighted by atomic mass is 15.3. The molecule has 0 bridgehead atoms. The van der Waals surface area contributed by atoms with E-state index >= 15 is 0 Å². The van der Waals surface area contributed by atoms with Gasteiger partial charge in [-0.15, -0.1) is 0 Å². The van der Waals surface area contributed by atoms with Gasteiger partial charge in [0.2, 0.25) is 0 Å². The number of hydrogen-bond acceptors (Lipinski definition) is 3. The first-order chi connectivity index (χ1) is 8.59. The Morgan fingerprint density at radius 2 is 1.89 bits per heavy atom. The molecule has 18 heavy (non-hydrogen) atoms. The second kappa shape index (κ2) is 5.83. The molecule has 0 aliphatic carbocycles. The van der Waals surface area contributed by atoms with Crippen LogP contribution in [-0.2, 0) is 0 Å². The van der Waals surface area contributed by atoms with Crippen LogP contribution >= 0.6 is 0 Å². The van der Waals surface area contributed by atoms with Crippen LogP contribution in [0.2, 0.25) is 0 Å². The Kier molecular flexibility index (Phi) is 4.38. The highest BCUT2D eigenvalue weighted by Crippen LogP contribution is 2.24. The fourth-order valence-corrected chi connectivity index (χ4v) is 2.49. The molecular weight excluding hydrogens is 222 g/mol. The van der Waals surface area contributed by atoms with E-state index in [1.165, 1.54) is 16.7 Å². The van der Waals surface area contributed by atoms with Crippen molar-refractivity contribution < 1.29 is 0 Å².